The Labute approximate surface area is 155 Å². The van der Waals surface area contributed by atoms with Crippen LogP contribution in [0.1, 0.15) is 32.8 Å². The minimum absolute atomic E-state index is 0.339. The Morgan fingerprint density at radius 2 is 2.17 bits per heavy atom. The van der Waals surface area contributed by atoms with Gasteiger partial charge in [-0.3, -0.25) is 0 Å². The van der Waals surface area contributed by atoms with Crippen LogP contribution in [0.3, 0.4) is 0 Å². The molecule has 0 saturated heterocycles. The predicted molar refractivity (Wildman–Crippen MR) is 105 cm³/mol. The van der Waals surface area contributed by atoms with Gasteiger partial charge in [0.25, 0.3) is 0 Å². The molecule has 0 spiro atoms. The largest absolute Gasteiger partial charge is 0.489 e. The highest BCUT2D eigenvalue weighted by Crippen LogP contribution is 2.30. The number of thiol groups is 1. The maximum Gasteiger partial charge on any atom is 0.124 e. The summed E-state index contributed by atoms with van der Waals surface area (Å²) in [7, 11) is 0. The minimum Gasteiger partial charge on any atom is -0.489 e. The van der Waals surface area contributed by atoms with Gasteiger partial charge in [-0.05, 0) is 48.1 Å². The Kier molecular flexibility index (Phi) is 8.74. The van der Waals surface area contributed by atoms with E-state index in [0.29, 0.717) is 28.0 Å². The first-order valence-electron chi connectivity index (χ1n) is 7.98. The number of nitrogens with zero attached hydrogens (tertiary/aromatic N) is 1. The molecular weight excluding hydrogens is 338 g/mol. The number of allylic oxidation sites excluding steroid dienone is 3. The van der Waals surface area contributed by atoms with E-state index in [1.54, 1.807) is 6.08 Å². The van der Waals surface area contributed by atoms with E-state index in [2.05, 4.69) is 39.1 Å². The van der Waals surface area contributed by atoms with Gasteiger partial charge in [-0.2, -0.15) is 5.26 Å². The van der Waals surface area contributed by atoms with Crippen LogP contribution in [0, 0.1) is 17.2 Å². The van der Waals surface area contributed by atoms with Crippen molar-refractivity contribution in [2.24, 2.45) is 5.92 Å². The van der Waals surface area contributed by atoms with Crippen molar-refractivity contribution in [3.8, 4) is 11.8 Å². The molecule has 1 aromatic carbocycles. The van der Waals surface area contributed by atoms with Gasteiger partial charge in [0.15, 0.2) is 0 Å². The van der Waals surface area contributed by atoms with Crippen molar-refractivity contribution in [1.29, 1.82) is 5.26 Å². The third-order valence-corrected chi connectivity index (χ3v) is 4.26. The molecule has 0 amide bonds. The molecule has 1 rings (SSSR count). The Morgan fingerprint density at radius 1 is 1.46 bits per heavy atom. The zero-order valence-corrected chi connectivity index (χ0v) is 16.1. The summed E-state index contributed by atoms with van der Waals surface area (Å²) in [5.41, 5.74) is 2.50. The molecule has 0 heterocycles. The van der Waals surface area contributed by atoms with Gasteiger partial charge in [0.2, 0.25) is 0 Å². The molecular formula is C20H24ClNOS. The number of benzene rings is 1. The molecule has 0 aromatic heterocycles. The average Bonchev–Trinajstić information content (AvgIpc) is 2.56. The average molecular weight is 362 g/mol. The van der Waals surface area contributed by atoms with Crippen LogP contribution in [0.5, 0.6) is 5.75 Å². The Hall–Kier alpha value is -1.63. The van der Waals surface area contributed by atoms with Crippen molar-refractivity contribution in [2.75, 3.05) is 6.61 Å². The highest BCUT2D eigenvalue weighted by atomic mass is 35.5. The normalized spacial score (nSPS) is 12.2. The van der Waals surface area contributed by atoms with E-state index in [1.165, 1.54) is 0 Å². The van der Waals surface area contributed by atoms with Crippen LogP contribution in [0.4, 0.5) is 0 Å². The summed E-state index contributed by atoms with van der Waals surface area (Å²) in [6, 6.07) is 5.91. The molecule has 0 aliphatic rings. The van der Waals surface area contributed by atoms with E-state index in [1.807, 2.05) is 31.2 Å². The second-order valence-electron chi connectivity index (χ2n) is 5.88. The molecule has 0 aliphatic heterocycles. The third kappa shape index (κ3) is 6.47. The molecule has 0 fully saturated rings. The number of ether oxygens (including phenoxy) is 1. The van der Waals surface area contributed by atoms with Crippen molar-refractivity contribution in [1.82, 2.24) is 0 Å². The second-order valence-corrected chi connectivity index (χ2v) is 6.77. The second kappa shape index (κ2) is 10.3. The highest BCUT2D eigenvalue weighted by Gasteiger charge is 2.08. The summed E-state index contributed by atoms with van der Waals surface area (Å²) >= 11 is 10.4. The standard InChI is InChI=1S/C20H24ClNOS/c1-5-15(9-16(12-22)8-7-14(3)4)13-23-19-11-20(24)18(21)10-17(19)6-2/h5,8-11,14,24H,1,6-7,13H2,2-4H3/b15-9+,16-8+. The summed E-state index contributed by atoms with van der Waals surface area (Å²) < 4.78 is 5.90. The molecule has 0 radical (unpaired) electrons. The molecule has 4 heteroatoms. The maximum atomic E-state index is 9.25. The molecule has 128 valence electrons. The van der Waals surface area contributed by atoms with Crippen LogP contribution >= 0.6 is 24.2 Å². The lowest BCUT2D eigenvalue weighted by Crippen LogP contribution is -2.02. The van der Waals surface area contributed by atoms with E-state index in [9.17, 15) is 5.26 Å². The lowest BCUT2D eigenvalue weighted by atomic mass is 10.1. The quantitative estimate of drug-likeness (QED) is 0.340. The number of hydrogen-bond acceptors (Lipinski definition) is 3. The lowest BCUT2D eigenvalue weighted by molar-refractivity contribution is 0.351. The molecule has 0 unspecified atom stereocenters. The fourth-order valence-electron chi connectivity index (χ4n) is 2.01. The molecule has 0 atom stereocenters. The number of rotatable bonds is 8. The number of aryl methyl sites for hydroxylation is 1. The smallest absolute Gasteiger partial charge is 0.124 e. The third-order valence-electron chi connectivity index (χ3n) is 3.45. The first-order chi connectivity index (χ1) is 11.4. The van der Waals surface area contributed by atoms with Crippen LogP contribution in [-0.2, 0) is 6.42 Å². The fourth-order valence-corrected chi connectivity index (χ4v) is 2.38. The monoisotopic (exact) mass is 361 g/mol. The lowest BCUT2D eigenvalue weighted by Gasteiger charge is -2.13. The van der Waals surface area contributed by atoms with Crippen LogP contribution in [0.15, 0.2) is 53.0 Å². The van der Waals surface area contributed by atoms with Crippen molar-refractivity contribution >= 4 is 24.2 Å². The van der Waals surface area contributed by atoms with Crippen LogP contribution in [-0.4, -0.2) is 6.61 Å². The summed E-state index contributed by atoms with van der Waals surface area (Å²) in [5, 5.41) is 9.87. The van der Waals surface area contributed by atoms with E-state index in [4.69, 9.17) is 16.3 Å². The Bertz CT molecular complexity index is 684. The topological polar surface area (TPSA) is 33.0 Å². The molecule has 24 heavy (non-hydrogen) atoms. The number of halogens is 1. The summed E-state index contributed by atoms with van der Waals surface area (Å²) in [6.07, 6.45) is 7.15. The number of hydrogen-bond donors (Lipinski definition) is 1. The molecule has 0 bridgehead atoms. The van der Waals surface area contributed by atoms with Crippen LogP contribution in [0.25, 0.3) is 0 Å². The van der Waals surface area contributed by atoms with Crippen LogP contribution < -0.4 is 4.74 Å². The molecule has 1 aromatic rings. The van der Waals surface area contributed by atoms with E-state index < -0.39 is 0 Å². The van der Waals surface area contributed by atoms with Crippen molar-refractivity contribution in [2.45, 2.75) is 38.5 Å². The van der Waals surface area contributed by atoms with Crippen molar-refractivity contribution in [3.63, 3.8) is 0 Å². The highest BCUT2D eigenvalue weighted by molar-refractivity contribution is 7.80. The van der Waals surface area contributed by atoms with E-state index in [-0.39, 0.29) is 0 Å². The van der Waals surface area contributed by atoms with Gasteiger partial charge in [-0.1, -0.05) is 51.1 Å². The van der Waals surface area contributed by atoms with Gasteiger partial charge >= 0.3 is 0 Å². The van der Waals surface area contributed by atoms with Gasteiger partial charge in [0.05, 0.1) is 11.1 Å². The first-order valence-corrected chi connectivity index (χ1v) is 8.81. The molecule has 2 nitrogen and oxygen atoms in total. The summed E-state index contributed by atoms with van der Waals surface area (Å²) in [6.45, 7) is 10.4. The van der Waals surface area contributed by atoms with Gasteiger partial charge in [-0.25, -0.2) is 0 Å². The summed E-state index contributed by atoms with van der Waals surface area (Å²) in [5.74, 6) is 1.27. The number of nitriles is 1. The molecule has 0 aliphatic carbocycles. The van der Waals surface area contributed by atoms with Crippen LogP contribution in [0.2, 0.25) is 5.02 Å². The Balaban J connectivity index is 2.92. The SMILES string of the molecule is C=C/C(=C\C(C#N)=C/CC(C)C)COc1cc(S)c(Cl)cc1CC. The summed E-state index contributed by atoms with van der Waals surface area (Å²) in [4.78, 5) is 0.683. The van der Waals surface area contributed by atoms with Crippen molar-refractivity contribution < 1.29 is 4.74 Å². The fraction of sp³-hybridized carbons (Fsp3) is 0.350. The first kappa shape index (κ1) is 20.4. The minimum atomic E-state index is 0.339. The van der Waals surface area contributed by atoms with Gasteiger partial charge in [0.1, 0.15) is 12.4 Å². The molecule has 0 N–H and O–H groups in total. The Morgan fingerprint density at radius 3 is 2.71 bits per heavy atom. The molecule has 0 saturated carbocycles. The maximum absolute atomic E-state index is 9.25. The van der Waals surface area contributed by atoms with Gasteiger partial charge in [0, 0.05) is 10.5 Å². The van der Waals surface area contributed by atoms with Crippen molar-refractivity contribution in [3.05, 3.63) is 58.7 Å². The van der Waals surface area contributed by atoms with Gasteiger partial charge in [-0.15, -0.1) is 12.6 Å². The zero-order chi connectivity index (χ0) is 18.1. The van der Waals surface area contributed by atoms with Gasteiger partial charge < -0.3 is 4.74 Å². The van der Waals surface area contributed by atoms with E-state index >= 15 is 0 Å². The predicted octanol–water partition coefficient (Wildman–Crippen LogP) is 6.18. The zero-order valence-electron chi connectivity index (χ0n) is 14.5. The van der Waals surface area contributed by atoms with E-state index in [0.717, 1.165) is 29.7 Å².